The maximum Gasteiger partial charge on any atom is 0.348 e. The van der Waals surface area contributed by atoms with Crippen LogP contribution in [0.2, 0.25) is 0 Å². The Kier molecular flexibility index (Phi) is 7.90. The fourth-order valence-electron chi connectivity index (χ4n) is 5.73. The third-order valence-corrected chi connectivity index (χ3v) is 9.16. The predicted molar refractivity (Wildman–Crippen MR) is 129 cm³/mol. The molecule has 0 bridgehead atoms. The molecular formula is C26H36FNO4S. The third-order valence-electron chi connectivity index (χ3n) is 7.89. The first-order valence-corrected chi connectivity index (χ1v) is 13.3. The number of hydrogen-bond acceptors (Lipinski definition) is 4. The second-order valence-electron chi connectivity index (χ2n) is 10.1. The van der Waals surface area contributed by atoms with Gasteiger partial charge in [0.05, 0.1) is 17.6 Å². The number of hydrogen-bond donors (Lipinski definition) is 1. The number of halogens is 1. The van der Waals surface area contributed by atoms with Gasteiger partial charge >= 0.3 is 5.97 Å². The van der Waals surface area contributed by atoms with Gasteiger partial charge in [0.25, 0.3) is 0 Å². The van der Waals surface area contributed by atoms with Crippen LogP contribution in [0.3, 0.4) is 0 Å². The lowest BCUT2D eigenvalue weighted by Gasteiger charge is -2.39. The number of methoxy groups -OCH3 is 1. The van der Waals surface area contributed by atoms with E-state index in [2.05, 4.69) is 6.92 Å². The van der Waals surface area contributed by atoms with Gasteiger partial charge in [-0.1, -0.05) is 13.0 Å². The molecular weight excluding hydrogens is 441 g/mol. The van der Waals surface area contributed by atoms with E-state index in [1.54, 1.807) is 13.2 Å². The smallest absolute Gasteiger partial charge is 0.348 e. The zero-order valence-corrected chi connectivity index (χ0v) is 20.5. The topological polar surface area (TPSA) is 66.8 Å². The standard InChI is InChI=1S/C26H36FNO4S/c1-16-3-5-18(6-4-16)25(29)28(20-11-13-21(32-2)14-12-20)22-15-23(33-24(22)26(30)31)17-7-9-19(27)10-8-17/h9,15-18,20-21H,3-8,10-14H2,1-2H3,(H,30,31). The van der Waals surface area contributed by atoms with Gasteiger partial charge in [0.1, 0.15) is 4.88 Å². The molecule has 182 valence electrons. The summed E-state index contributed by atoms with van der Waals surface area (Å²) in [4.78, 5) is 29.2. The summed E-state index contributed by atoms with van der Waals surface area (Å²) in [6.07, 6.45) is 10.7. The summed E-state index contributed by atoms with van der Waals surface area (Å²) >= 11 is 1.27. The van der Waals surface area contributed by atoms with Crippen molar-refractivity contribution in [2.75, 3.05) is 12.0 Å². The van der Waals surface area contributed by atoms with Crippen LogP contribution in [0.1, 0.15) is 98.0 Å². The Morgan fingerprint density at radius 1 is 1.09 bits per heavy atom. The van der Waals surface area contributed by atoms with Crippen LogP contribution < -0.4 is 4.90 Å². The molecule has 1 atom stereocenters. The fourth-order valence-corrected chi connectivity index (χ4v) is 6.87. The molecule has 33 heavy (non-hydrogen) atoms. The van der Waals surface area contributed by atoms with Crippen molar-refractivity contribution in [3.8, 4) is 0 Å². The van der Waals surface area contributed by atoms with Gasteiger partial charge in [0.2, 0.25) is 5.91 Å². The van der Waals surface area contributed by atoms with E-state index in [0.717, 1.165) is 56.2 Å². The number of carboxylic acid groups (broad SMARTS) is 1. The van der Waals surface area contributed by atoms with Gasteiger partial charge in [-0.15, -0.1) is 11.3 Å². The first-order valence-electron chi connectivity index (χ1n) is 12.4. The molecule has 1 aromatic rings. The summed E-state index contributed by atoms with van der Waals surface area (Å²) in [6, 6.07) is 1.93. The van der Waals surface area contributed by atoms with Gasteiger partial charge in [-0.2, -0.15) is 0 Å². The number of rotatable bonds is 6. The predicted octanol–water partition coefficient (Wildman–Crippen LogP) is 6.68. The lowest BCUT2D eigenvalue weighted by Crippen LogP contribution is -2.47. The molecule has 1 amide bonds. The molecule has 3 aliphatic carbocycles. The van der Waals surface area contributed by atoms with Crippen molar-refractivity contribution in [1.82, 2.24) is 0 Å². The maximum atomic E-state index is 13.9. The van der Waals surface area contributed by atoms with Crippen LogP contribution in [0.25, 0.3) is 0 Å². The highest BCUT2D eigenvalue weighted by molar-refractivity contribution is 7.14. The minimum Gasteiger partial charge on any atom is -0.477 e. The van der Waals surface area contributed by atoms with Crippen molar-refractivity contribution < 1.29 is 23.8 Å². The molecule has 1 aromatic heterocycles. The first-order chi connectivity index (χ1) is 15.9. The van der Waals surface area contributed by atoms with Crippen molar-refractivity contribution in [3.05, 3.63) is 27.7 Å². The van der Waals surface area contributed by atoms with Crippen molar-refractivity contribution >= 4 is 28.9 Å². The molecule has 0 aliphatic heterocycles. The molecule has 2 fully saturated rings. The Hall–Kier alpha value is -1.73. The van der Waals surface area contributed by atoms with E-state index in [9.17, 15) is 19.1 Å². The molecule has 1 heterocycles. The van der Waals surface area contributed by atoms with E-state index in [-0.39, 0.29) is 40.6 Å². The summed E-state index contributed by atoms with van der Waals surface area (Å²) in [5.74, 6) is -0.277. The van der Waals surface area contributed by atoms with Crippen LogP contribution in [-0.2, 0) is 9.53 Å². The molecule has 1 unspecified atom stereocenters. The van der Waals surface area contributed by atoms with Crippen molar-refractivity contribution in [2.24, 2.45) is 11.8 Å². The Bertz CT molecular complexity index is 881. The van der Waals surface area contributed by atoms with Crippen LogP contribution in [0.4, 0.5) is 10.1 Å². The van der Waals surface area contributed by atoms with Crippen LogP contribution in [0.5, 0.6) is 0 Å². The number of carbonyl (C=O) groups excluding carboxylic acids is 1. The van der Waals surface area contributed by atoms with Crippen LogP contribution >= 0.6 is 11.3 Å². The van der Waals surface area contributed by atoms with Gasteiger partial charge in [-0.05, 0) is 88.5 Å². The molecule has 0 spiro atoms. The third kappa shape index (κ3) is 5.51. The van der Waals surface area contributed by atoms with E-state index in [1.807, 2.05) is 11.0 Å². The Morgan fingerprint density at radius 2 is 1.79 bits per heavy atom. The van der Waals surface area contributed by atoms with Crippen LogP contribution in [-0.4, -0.2) is 36.2 Å². The summed E-state index contributed by atoms with van der Waals surface area (Å²) < 4.78 is 19.1. The molecule has 4 rings (SSSR count). The van der Waals surface area contributed by atoms with Gasteiger partial charge in [-0.3, -0.25) is 4.79 Å². The number of thiophene rings is 1. The average molecular weight is 478 g/mol. The molecule has 0 radical (unpaired) electrons. The highest BCUT2D eigenvalue weighted by Crippen LogP contribution is 2.43. The summed E-state index contributed by atoms with van der Waals surface area (Å²) in [5, 5.41) is 10.1. The number of carbonyl (C=O) groups is 2. The second kappa shape index (κ2) is 10.7. The normalized spacial score (nSPS) is 30.5. The monoisotopic (exact) mass is 477 g/mol. The Morgan fingerprint density at radius 3 is 2.36 bits per heavy atom. The highest BCUT2D eigenvalue weighted by atomic mass is 32.1. The minimum absolute atomic E-state index is 0.00695. The van der Waals surface area contributed by atoms with E-state index in [4.69, 9.17) is 4.74 Å². The number of anilines is 1. The summed E-state index contributed by atoms with van der Waals surface area (Å²) in [6.45, 7) is 2.24. The molecule has 0 saturated heterocycles. The van der Waals surface area contributed by atoms with Gasteiger partial charge in [0, 0.05) is 23.9 Å². The molecule has 0 aromatic carbocycles. The summed E-state index contributed by atoms with van der Waals surface area (Å²) in [7, 11) is 1.73. The van der Waals surface area contributed by atoms with E-state index < -0.39 is 5.97 Å². The number of allylic oxidation sites excluding steroid dienone is 2. The zero-order valence-electron chi connectivity index (χ0n) is 19.7. The largest absolute Gasteiger partial charge is 0.477 e. The second-order valence-corrected chi connectivity index (χ2v) is 11.2. The van der Waals surface area contributed by atoms with Crippen molar-refractivity contribution in [1.29, 1.82) is 0 Å². The Labute approximate surface area is 200 Å². The molecule has 1 N–H and O–H groups in total. The van der Waals surface area contributed by atoms with Gasteiger partial charge < -0.3 is 14.7 Å². The highest BCUT2D eigenvalue weighted by Gasteiger charge is 2.38. The van der Waals surface area contributed by atoms with E-state index in [1.165, 1.54) is 11.3 Å². The van der Waals surface area contributed by atoms with Gasteiger partial charge in [-0.25, -0.2) is 9.18 Å². The lowest BCUT2D eigenvalue weighted by molar-refractivity contribution is -0.124. The van der Waals surface area contributed by atoms with Gasteiger partial charge in [0.15, 0.2) is 0 Å². The number of ether oxygens (including phenoxy) is 1. The molecule has 3 aliphatic rings. The van der Waals surface area contributed by atoms with Crippen molar-refractivity contribution in [3.63, 3.8) is 0 Å². The van der Waals surface area contributed by atoms with E-state index >= 15 is 0 Å². The molecule has 7 heteroatoms. The average Bonchev–Trinajstić information content (AvgIpc) is 3.26. The first kappa shape index (κ1) is 24.4. The number of carboxylic acids is 1. The quantitative estimate of drug-likeness (QED) is 0.496. The number of aromatic carboxylic acids is 1. The van der Waals surface area contributed by atoms with Crippen LogP contribution in [0.15, 0.2) is 18.0 Å². The summed E-state index contributed by atoms with van der Waals surface area (Å²) in [5.41, 5.74) is 0.557. The Balaban J connectivity index is 1.67. The van der Waals surface area contributed by atoms with Crippen LogP contribution in [0, 0.1) is 11.8 Å². The van der Waals surface area contributed by atoms with Crippen molar-refractivity contribution in [2.45, 2.75) is 95.6 Å². The maximum absolute atomic E-state index is 13.9. The molecule has 2 saturated carbocycles. The van der Waals surface area contributed by atoms with E-state index in [0.29, 0.717) is 30.9 Å². The fraction of sp³-hybridized carbons (Fsp3) is 0.692. The lowest BCUT2D eigenvalue weighted by atomic mass is 9.81. The number of nitrogens with zero attached hydrogens (tertiary/aromatic N) is 1. The molecule has 5 nitrogen and oxygen atoms in total. The minimum atomic E-state index is -0.987. The zero-order chi connectivity index (χ0) is 23.5. The number of amides is 1. The SMILES string of the molecule is COC1CCC(N(C(=O)C2CCC(C)CC2)c2cc(C3CC=C(F)CC3)sc2C(=O)O)CC1.